The molecule has 134 valence electrons. The quantitative estimate of drug-likeness (QED) is 0.780. The number of piperazine rings is 1. The summed E-state index contributed by atoms with van der Waals surface area (Å²) >= 11 is 0. The minimum Gasteiger partial charge on any atom is -0.366 e. The van der Waals surface area contributed by atoms with Gasteiger partial charge in [0.05, 0.1) is 11.9 Å². The first-order valence-corrected chi connectivity index (χ1v) is 8.96. The van der Waals surface area contributed by atoms with Crippen LogP contribution in [-0.2, 0) is 0 Å². The first-order valence-electron chi connectivity index (χ1n) is 8.96. The molecule has 2 aromatic rings. The van der Waals surface area contributed by atoms with E-state index in [0.717, 1.165) is 45.0 Å². The summed E-state index contributed by atoms with van der Waals surface area (Å²) in [5.41, 5.74) is 0.668. The SMILES string of the molecule is CCCCCNc1nncc(N2CCN(c3ccccc3F)CC2)n1. The van der Waals surface area contributed by atoms with E-state index in [9.17, 15) is 4.39 Å². The van der Waals surface area contributed by atoms with Gasteiger partial charge in [-0.05, 0) is 18.6 Å². The average molecular weight is 344 g/mol. The van der Waals surface area contributed by atoms with Gasteiger partial charge in [-0.2, -0.15) is 10.1 Å². The Morgan fingerprint density at radius 3 is 2.60 bits per heavy atom. The van der Waals surface area contributed by atoms with E-state index in [2.05, 4.69) is 37.2 Å². The van der Waals surface area contributed by atoms with Crippen LogP contribution in [0.5, 0.6) is 0 Å². The minimum absolute atomic E-state index is 0.168. The molecule has 0 saturated carbocycles. The lowest BCUT2D eigenvalue weighted by molar-refractivity contribution is 0.595. The maximum atomic E-state index is 13.9. The van der Waals surface area contributed by atoms with Gasteiger partial charge in [0, 0.05) is 32.7 Å². The Hall–Kier alpha value is -2.44. The summed E-state index contributed by atoms with van der Waals surface area (Å²) in [6, 6.07) is 6.92. The summed E-state index contributed by atoms with van der Waals surface area (Å²) < 4.78 is 13.9. The summed E-state index contributed by atoms with van der Waals surface area (Å²) in [6.45, 7) is 6.11. The molecular formula is C18H25FN6. The second-order valence-electron chi connectivity index (χ2n) is 6.20. The van der Waals surface area contributed by atoms with Crippen LogP contribution < -0.4 is 15.1 Å². The van der Waals surface area contributed by atoms with Gasteiger partial charge in [0.2, 0.25) is 5.95 Å². The standard InChI is InChI=1S/C18H25FN6/c1-2-3-6-9-20-18-22-17(14-21-23-18)25-12-10-24(11-13-25)16-8-5-4-7-15(16)19/h4-5,7-8,14H,2-3,6,9-13H2,1H3,(H,20,22,23). The van der Waals surface area contributed by atoms with Crippen LogP contribution in [-0.4, -0.2) is 47.9 Å². The summed E-state index contributed by atoms with van der Waals surface area (Å²) in [7, 11) is 0. The lowest BCUT2D eigenvalue weighted by Gasteiger charge is -2.36. The predicted octanol–water partition coefficient (Wildman–Crippen LogP) is 2.94. The zero-order valence-corrected chi connectivity index (χ0v) is 14.7. The Morgan fingerprint density at radius 2 is 1.84 bits per heavy atom. The van der Waals surface area contributed by atoms with Crippen LogP contribution in [0.3, 0.4) is 0 Å². The summed E-state index contributed by atoms with van der Waals surface area (Å²) in [5, 5.41) is 11.3. The molecule has 1 N–H and O–H groups in total. The molecule has 1 aromatic heterocycles. The number of nitrogens with zero attached hydrogens (tertiary/aromatic N) is 5. The highest BCUT2D eigenvalue weighted by atomic mass is 19.1. The molecule has 1 fully saturated rings. The van der Waals surface area contributed by atoms with Crippen molar-refractivity contribution in [2.24, 2.45) is 0 Å². The highest BCUT2D eigenvalue weighted by molar-refractivity contribution is 5.50. The zero-order chi connectivity index (χ0) is 17.5. The molecular weight excluding hydrogens is 319 g/mol. The molecule has 0 unspecified atom stereocenters. The third-order valence-corrected chi connectivity index (χ3v) is 4.41. The monoisotopic (exact) mass is 344 g/mol. The minimum atomic E-state index is -0.168. The fraction of sp³-hybridized carbons (Fsp3) is 0.500. The van der Waals surface area contributed by atoms with Crippen molar-refractivity contribution in [3.63, 3.8) is 0 Å². The van der Waals surface area contributed by atoms with Crippen molar-refractivity contribution in [1.29, 1.82) is 0 Å². The number of aromatic nitrogens is 3. The molecule has 0 atom stereocenters. The number of para-hydroxylation sites is 1. The van der Waals surface area contributed by atoms with Crippen LogP contribution in [0, 0.1) is 5.82 Å². The van der Waals surface area contributed by atoms with Crippen LogP contribution in [0.1, 0.15) is 26.2 Å². The van der Waals surface area contributed by atoms with Crippen LogP contribution in [0.2, 0.25) is 0 Å². The molecule has 0 spiro atoms. The van der Waals surface area contributed by atoms with Gasteiger partial charge in [0.25, 0.3) is 0 Å². The summed E-state index contributed by atoms with van der Waals surface area (Å²) in [5.74, 6) is 1.23. The van der Waals surface area contributed by atoms with Gasteiger partial charge in [-0.25, -0.2) is 4.39 Å². The third kappa shape index (κ3) is 4.55. The molecule has 7 heteroatoms. The smallest absolute Gasteiger partial charge is 0.244 e. The van der Waals surface area contributed by atoms with Gasteiger partial charge in [0.1, 0.15) is 5.82 Å². The van der Waals surface area contributed by atoms with Crippen molar-refractivity contribution in [2.75, 3.05) is 47.8 Å². The number of anilines is 3. The van der Waals surface area contributed by atoms with E-state index >= 15 is 0 Å². The largest absolute Gasteiger partial charge is 0.366 e. The molecule has 0 bridgehead atoms. The van der Waals surface area contributed by atoms with Gasteiger partial charge >= 0.3 is 0 Å². The van der Waals surface area contributed by atoms with Gasteiger partial charge in [-0.1, -0.05) is 31.9 Å². The van der Waals surface area contributed by atoms with Crippen LogP contribution in [0.15, 0.2) is 30.5 Å². The summed E-state index contributed by atoms with van der Waals surface area (Å²) in [6.07, 6.45) is 5.17. The number of hydrogen-bond donors (Lipinski definition) is 1. The molecule has 1 aliphatic heterocycles. The molecule has 2 heterocycles. The van der Waals surface area contributed by atoms with Gasteiger partial charge in [-0.15, -0.1) is 5.10 Å². The number of nitrogens with one attached hydrogen (secondary N) is 1. The van der Waals surface area contributed by atoms with Gasteiger partial charge in [-0.3, -0.25) is 0 Å². The number of unbranched alkanes of at least 4 members (excludes halogenated alkanes) is 2. The topological polar surface area (TPSA) is 57.2 Å². The number of halogens is 1. The second kappa shape index (κ2) is 8.60. The van der Waals surface area contributed by atoms with E-state index in [4.69, 9.17) is 0 Å². The summed E-state index contributed by atoms with van der Waals surface area (Å²) in [4.78, 5) is 8.80. The third-order valence-electron chi connectivity index (χ3n) is 4.41. The maximum Gasteiger partial charge on any atom is 0.244 e. The van der Waals surface area contributed by atoms with Crippen LogP contribution in [0.25, 0.3) is 0 Å². The molecule has 0 radical (unpaired) electrons. The normalized spacial score (nSPS) is 14.6. The van der Waals surface area contributed by atoms with Gasteiger partial charge < -0.3 is 15.1 Å². The number of rotatable bonds is 7. The molecule has 3 rings (SSSR count). The van der Waals surface area contributed by atoms with E-state index in [-0.39, 0.29) is 5.82 Å². The zero-order valence-electron chi connectivity index (χ0n) is 14.7. The second-order valence-corrected chi connectivity index (χ2v) is 6.20. The average Bonchev–Trinajstić information content (AvgIpc) is 2.66. The number of benzene rings is 1. The molecule has 1 aliphatic rings. The number of hydrogen-bond acceptors (Lipinski definition) is 6. The molecule has 1 saturated heterocycles. The van der Waals surface area contributed by atoms with Crippen molar-refractivity contribution in [3.8, 4) is 0 Å². The highest BCUT2D eigenvalue weighted by Gasteiger charge is 2.20. The Bertz CT molecular complexity index is 672. The van der Waals surface area contributed by atoms with Crippen molar-refractivity contribution < 1.29 is 4.39 Å². The van der Waals surface area contributed by atoms with E-state index in [1.54, 1.807) is 12.3 Å². The highest BCUT2D eigenvalue weighted by Crippen LogP contribution is 2.21. The fourth-order valence-corrected chi connectivity index (χ4v) is 2.98. The first kappa shape index (κ1) is 17.4. The van der Waals surface area contributed by atoms with Crippen molar-refractivity contribution in [1.82, 2.24) is 15.2 Å². The predicted molar refractivity (Wildman–Crippen MR) is 98.7 cm³/mol. The lowest BCUT2D eigenvalue weighted by Crippen LogP contribution is -2.47. The van der Waals surface area contributed by atoms with E-state index in [0.29, 0.717) is 11.6 Å². The molecule has 0 amide bonds. The Labute approximate surface area is 148 Å². The van der Waals surface area contributed by atoms with Crippen molar-refractivity contribution >= 4 is 17.5 Å². The van der Waals surface area contributed by atoms with Crippen molar-refractivity contribution in [2.45, 2.75) is 26.2 Å². The Balaban J connectivity index is 1.56. The Kier molecular flexibility index (Phi) is 5.98. The maximum absolute atomic E-state index is 13.9. The first-order chi connectivity index (χ1) is 12.3. The lowest BCUT2D eigenvalue weighted by atomic mass is 10.2. The molecule has 1 aromatic carbocycles. The molecule has 0 aliphatic carbocycles. The van der Waals surface area contributed by atoms with Crippen LogP contribution >= 0.6 is 0 Å². The fourth-order valence-electron chi connectivity index (χ4n) is 2.98. The van der Waals surface area contributed by atoms with E-state index < -0.39 is 0 Å². The Morgan fingerprint density at radius 1 is 1.08 bits per heavy atom. The van der Waals surface area contributed by atoms with Crippen LogP contribution in [0.4, 0.5) is 21.8 Å². The molecule has 25 heavy (non-hydrogen) atoms. The van der Waals surface area contributed by atoms with E-state index in [1.807, 2.05) is 12.1 Å². The van der Waals surface area contributed by atoms with E-state index in [1.165, 1.54) is 18.9 Å². The molecule has 6 nitrogen and oxygen atoms in total. The van der Waals surface area contributed by atoms with Gasteiger partial charge in [0.15, 0.2) is 5.82 Å². The van der Waals surface area contributed by atoms with Crippen molar-refractivity contribution in [3.05, 3.63) is 36.3 Å².